The van der Waals surface area contributed by atoms with Crippen LogP contribution in [0.1, 0.15) is 49.9 Å². The van der Waals surface area contributed by atoms with Gasteiger partial charge in [0.25, 0.3) is 5.91 Å². The predicted molar refractivity (Wildman–Crippen MR) is 148 cm³/mol. The Hall–Kier alpha value is -3.39. The maximum atomic E-state index is 13.7. The monoisotopic (exact) mass is 512 g/mol. The lowest BCUT2D eigenvalue weighted by molar-refractivity contribution is 0.0700. The summed E-state index contributed by atoms with van der Waals surface area (Å²) in [6, 6.07) is 10.4. The molecule has 4 heterocycles. The number of amides is 1. The highest BCUT2D eigenvalue weighted by Crippen LogP contribution is 2.40. The van der Waals surface area contributed by atoms with Gasteiger partial charge >= 0.3 is 0 Å². The van der Waals surface area contributed by atoms with Gasteiger partial charge in [0, 0.05) is 48.9 Å². The summed E-state index contributed by atoms with van der Waals surface area (Å²) in [5.41, 5.74) is 10.8. The van der Waals surface area contributed by atoms with E-state index in [1.165, 1.54) is 12.8 Å². The highest BCUT2D eigenvalue weighted by atomic mass is 16.5. The summed E-state index contributed by atoms with van der Waals surface area (Å²) in [6.45, 7) is 6.91. The number of piperidine rings is 1. The molecule has 2 bridgehead atoms. The number of rotatable bonds is 7. The Morgan fingerprint density at radius 2 is 2.00 bits per heavy atom. The van der Waals surface area contributed by atoms with E-state index in [-0.39, 0.29) is 18.0 Å². The van der Waals surface area contributed by atoms with Crippen LogP contribution in [0.5, 0.6) is 5.75 Å². The molecule has 38 heavy (non-hydrogen) atoms. The van der Waals surface area contributed by atoms with Gasteiger partial charge in [0.15, 0.2) is 5.82 Å². The Bertz CT molecular complexity index is 1550. The Morgan fingerprint density at radius 3 is 2.68 bits per heavy atom. The van der Waals surface area contributed by atoms with Gasteiger partial charge in [0.2, 0.25) is 0 Å². The molecule has 198 valence electrons. The molecule has 1 aliphatic heterocycles. The smallest absolute Gasteiger partial charge is 0.254 e. The number of likely N-dealkylation sites (tertiary alicyclic amines) is 1. The fraction of sp³-hybridized carbons (Fsp3) is 0.500. The molecular weight excluding hydrogens is 476 g/mol. The molecule has 7 rings (SSSR count). The number of imidazole rings is 1. The van der Waals surface area contributed by atoms with Gasteiger partial charge in [-0.1, -0.05) is 13.8 Å². The van der Waals surface area contributed by atoms with Gasteiger partial charge in [0.05, 0.1) is 18.3 Å². The molecule has 8 heteroatoms. The number of benzene rings is 1. The molecule has 1 saturated heterocycles. The first-order valence-electron chi connectivity index (χ1n) is 14.0. The molecule has 1 amide bonds. The van der Waals surface area contributed by atoms with Crippen LogP contribution in [0.4, 0.5) is 0 Å². The van der Waals surface area contributed by atoms with Crippen molar-refractivity contribution in [1.29, 1.82) is 0 Å². The maximum Gasteiger partial charge on any atom is 0.254 e. The van der Waals surface area contributed by atoms with Gasteiger partial charge in [-0.3, -0.25) is 4.79 Å². The van der Waals surface area contributed by atoms with E-state index in [0.29, 0.717) is 29.1 Å². The number of aromatic nitrogens is 4. The number of ether oxygens (including phenoxy) is 1. The predicted octanol–water partition coefficient (Wildman–Crippen LogP) is 4.69. The second-order valence-corrected chi connectivity index (χ2v) is 11.9. The van der Waals surface area contributed by atoms with E-state index in [9.17, 15) is 4.79 Å². The van der Waals surface area contributed by atoms with Crippen molar-refractivity contribution in [3.05, 3.63) is 42.1 Å². The molecule has 3 aliphatic rings. The van der Waals surface area contributed by atoms with Crippen molar-refractivity contribution in [2.75, 3.05) is 13.7 Å². The topological polar surface area (TPSA) is 91.2 Å². The lowest BCUT2D eigenvalue weighted by atomic mass is 10.1. The van der Waals surface area contributed by atoms with E-state index < -0.39 is 0 Å². The van der Waals surface area contributed by atoms with Crippen molar-refractivity contribution in [3.8, 4) is 17.3 Å². The summed E-state index contributed by atoms with van der Waals surface area (Å²) < 4.78 is 10.5. The zero-order chi connectivity index (χ0) is 26.1. The van der Waals surface area contributed by atoms with Crippen LogP contribution < -0.4 is 10.5 Å². The zero-order valence-corrected chi connectivity index (χ0v) is 22.4. The molecular formula is C30H36N6O2. The largest absolute Gasteiger partial charge is 0.494 e. The number of carbonyl (C=O) groups is 1. The Kier molecular flexibility index (Phi) is 5.51. The molecule has 0 spiro atoms. The first-order chi connectivity index (χ1) is 18.4. The molecule has 0 radical (unpaired) electrons. The standard InChI is InChI=1S/C30H36N6O2/c1-17(2)14-36-27-22(11-21(13-25(27)38-3)30(37)35-16-20-8-9-23(35)26(20)31)33-29(36)24-12-19-5-4-10-32-28(19)34(24)15-18-6-7-18/h4-5,10-13,17-18,20,23,26H,6-9,14-16,31H2,1-3H3/t20-,23-,26-/m1/s1. The average molecular weight is 513 g/mol. The molecule has 2 N–H and O–H groups in total. The van der Waals surface area contributed by atoms with Crippen molar-refractivity contribution < 1.29 is 9.53 Å². The number of methoxy groups -OCH3 is 1. The van der Waals surface area contributed by atoms with Crippen LogP contribution in [0.2, 0.25) is 0 Å². The molecule has 3 aromatic heterocycles. The van der Waals surface area contributed by atoms with Gasteiger partial charge in [-0.05, 0) is 73.8 Å². The van der Waals surface area contributed by atoms with Crippen molar-refractivity contribution >= 4 is 28.0 Å². The molecule has 1 aromatic carbocycles. The third-order valence-electron chi connectivity index (χ3n) is 8.76. The number of carbonyl (C=O) groups excluding carboxylic acids is 1. The first-order valence-corrected chi connectivity index (χ1v) is 14.0. The van der Waals surface area contributed by atoms with E-state index in [4.69, 9.17) is 20.4 Å². The van der Waals surface area contributed by atoms with Crippen LogP contribution in [0, 0.1) is 17.8 Å². The van der Waals surface area contributed by atoms with Crippen LogP contribution in [-0.2, 0) is 13.1 Å². The third kappa shape index (κ3) is 3.72. The summed E-state index contributed by atoms with van der Waals surface area (Å²) in [7, 11) is 1.68. The summed E-state index contributed by atoms with van der Waals surface area (Å²) in [5, 5.41) is 1.12. The number of hydrogen-bond acceptors (Lipinski definition) is 5. The number of fused-ring (bicyclic) bond motifs is 4. The second-order valence-electron chi connectivity index (χ2n) is 11.9. The fourth-order valence-corrected chi connectivity index (χ4v) is 6.71. The molecule has 0 unspecified atom stereocenters. The zero-order valence-electron chi connectivity index (χ0n) is 22.4. The average Bonchev–Trinajstić information content (AvgIpc) is 3.28. The molecule has 2 aliphatic carbocycles. The third-order valence-corrected chi connectivity index (χ3v) is 8.76. The van der Waals surface area contributed by atoms with Gasteiger partial charge in [-0.15, -0.1) is 0 Å². The fourth-order valence-electron chi connectivity index (χ4n) is 6.71. The summed E-state index contributed by atoms with van der Waals surface area (Å²) in [5.74, 6) is 3.11. The lowest BCUT2D eigenvalue weighted by Crippen LogP contribution is -2.41. The summed E-state index contributed by atoms with van der Waals surface area (Å²) in [4.78, 5) is 25.6. The minimum absolute atomic E-state index is 0.0276. The van der Waals surface area contributed by atoms with Crippen LogP contribution in [-0.4, -0.2) is 55.6 Å². The highest BCUT2D eigenvalue weighted by molar-refractivity contribution is 6.00. The number of hydrogen-bond donors (Lipinski definition) is 1. The Labute approximate surface area is 222 Å². The number of nitrogens with two attached hydrogens (primary N) is 1. The first kappa shape index (κ1) is 23.7. The SMILES string of the molecule is COc1cc(C(=O)N2C[C@H]3CC[C@@H]2[C@@H]3N)cc2nc(-c3cc4cccnc4n3CC3CC3)n(CC(C)C)c12. The lowest BCUT2D eigenvalue weighted by Gasteiger charge is -2.27. The number of pyridine rings is 1. The van der Waals surface area contributed by atoms with Crippen molar-refractivity contribution in [1.82, 2.24) is 24.0 Å². The molecule has 8 nitrogen and oxygen atoms in total. The minimum Gasteiger partial charge on any atom is -0.494 e. The van der Waals surface area contributed by atoms with Gasteiger partial charge in [-0.25, -0.2) is 9.97 Å². The molecule has 3 atom stereocenters. The molecule has 3 fully saturated rings. The second kappa shape index (κ2) is 8.83. The Balaban J connectivity index is 1.39. The van der Waals surface area contributed by atoms with E-state index in [2.05, 4.69) is 35.1 Å². The molecule has 4 aromatic rings. The van der Waals surface area contributed by atoms with Crippen molar-refractivity contribution in [3.63, 3.8) is 0 Å². The van der Waals surface area contributed by atoms with E-state index in [1.807, 2.05) is 29.3 Å². The maximum absolute atomic E-state index is 13.7. The van der Waals surface area contributed by atoms with Crippen molar-refractivity contribution in [2.45, 2.75) is 64.7 Å². The number of nitrogens with zero attached hydrogens (tertiary/aromatic N) is 5. The normalized spacial score (nSPS) is 22.9. The molecule has 2 saturated carbocycles. The van der Waals surface area contributed by atoms with Crippen LogP contribution in [0.15, 0.2) is 36.5 Å². The highest BCUT2D eigenvalue weighted by Gasteiger charge is 2.47. The van der Waals surface area contributed by atoms with Crippen LogP contribution >= 0.6 is 0 Å². The summed E-state index contributed by atoms with van der Waals surface area (Å²) in [6.07, 6.45) is 6.49. The van der Waals surface area contributed by atoms with Crippen LogP contribution in [0.3, 0.4) is 0 Å². The van der Waals surface area contributed by atoms with Gasteiger partial charge in [-0.2, -0.15) is 0 Å². The summed E-state index contributed by atoms with van der Waals surface area (Å²) >= 11 is 0. The quantitative estimate of drug-likeness (QED) is 0.388. The van der Waals surface area contributed by atoms with Gasteiger partial charge < -0.3 is 24.5 Å². The van der Waals surface area contributed by atoms with E-state index in [0.717, 1.165) is 66.1 Å². The van der Waals surface area contributed by atoms with Crippen LogP contribution in [0.25, 0.3) is 33.6 Å². The van der Waals surface area contributed by atoms with E-state index >= 15 is 0 Å². The van der Waals surface area contributed by atoms with E-state index in [1.54, 1.807) is 7.11 Å². The Morgan fingerprint density at radius 1 is 1.16 bits per heavy atom. The van der Waals surface area contributed by atoms with Crippen molar-refractivity contribution in [2.24, 2.45) is 23.5 Å². The minimum atomic E-state index is 0.0276. The van der Waals surface area contributed by atoms with Gasteiger partial charge in [0.1, 0.15) is 16.9 Å².